The monoisotopic (exact) mass is 524 g/mol. The molecule has 0 aromatic rings. The van der Waals surface area contributed by atoms with Crippen molar-refractivity contribution in [3.8, 4) is 0 Å². The maximum atomic E-state index is 6.07. The molecule has 7 heteroatoms. The predicted octanol–water partition coefficient (Wildman–Crippen LogP) is 6.82. The molecule has 0 radical (unpaired) electrons. The van der Waals surface area contributed by atoms with Gasteiger partial charge in [-0.25, -0.2) is 0 Å². The summed E-state index contributed by atoms with van der Waals surface area (Å²) in [6.07, 6.45) is 14.0. The summed E-state index contributed by atoms with van der Waals surface area (Å²) in [5.74, 6) is 0. The molecular formula is C20H36Cl2O2Si2Zr. The summed E-state index contributed by atoms with van der Waals surface area (Å²) in [5, 5.41) is 0. The second kappa shape index (κ2) is 12.5. The second-order valence-electron chi connectivity index (χ2n) is 8.77. The molecule has 0 amide bonds. The largest absolute Gasteiger partial charge is 0.147 e. The van der Waals surface area contributed by atoms with Gasteiger partial charge >= 0.3 is 169 Å². The maximum Gasteiger partial charge on any atom is -0.147 e. The van der Waals surface area contributed by atoms with Crippen molar-refractivity contribution in [3.05, 3.63) is 42.0 Å². The van der Waals surface area contributed by atoms with Gasteiger partial charge in [-0.1, -0.05) is 0 Å². The van der Waals surface area contributed by atoms with Crippen molar-refractivity contribution in [2.75, 3.05) is 13.2 Å². The first kappa shape index (κ1) is 27.8. The number of allylic oxidation sites excluding steroid dienone is 6. The van der Waals surface area contributed by atoms with E-state index in [0.717, 1.165) is 26.1 Å². The van der Waals surface area contributed by atoms with E-state index in [4.69, 9.17) is 8.85 Å². The van der Waals surface area contributed by atoms with Crippen molar-refractivity contribution in [3.63, 3.8) is 0 Å². The van der Waals surface area contributed by atoms with Gasteiger partial charge in [0.1, 0.15) is 0 Å². The fraction of sp³-hybridized carbons (Fsp3) is 0.600. The fourth-order valence-electron chi connectivity index (χ4n) is 2.95. The quantitative estimate of drug-likeness (QED) is 0.291. The van der Waals surface area contributed by atoms with Crippen LogP contribution in [0.5, 0.6) is 0 Å². The Morgan fingerprint density at radius 3 is 1.44 bits per heavy atom. The minimum absolute atomic E-state index is 0. The molecule has 154 valence electrons. The van der Waals surface area contributed by atoms with Crippen molar-refractivity contribution in [2.45, 2.75) is 65.0 Å². The number of hydrogen-bond acceptors (Lipinski definition) is 2. The zero-order valence-electron chi connectivity index (χ0n) is 17.7. The van der Waals surface area contributed by atoms with E-state index in [1.54, 1.807) is 17.7 Å². The summed E-state index contributed by atoms with van der Waals surface area (Å²) >= 11 is -0.631. The first-order chi connectivity index (χ1) is 11.6. The fourth-order valence-corrected chi connectivity index (χ4v) is 8.17. The molecule has 0 aromatic carbocycles. The molecule has 0 unspecified atom stereocenters. The van der Waals surface area contributed by atoms with Crippen LogP contribution in [-0.2, 0) is 32.1 Å². The van der Waals surface area contributed by atoms with Gasteiger partial charge < -0.3 is 0 Å². The Morgan fingerprint density at radius 2 is 1.11 bits per heavy atom. The van der Waals surface area contributed by atoms with Crippen molar-refractivity contribution in [1.29, 1.82) is 0 Å². The van der Waals surface area contributed by atoms with E-state index < -0.39 is 39.9 Å². The summed E-state index contributed by atoms with van der Waals surface area (Å²) < 4.78 is 15.7. The molecule has 0 saturated heterocycles. The van der Waals surface area contributed by atoms with E-state index in [1.807, 2.05) is 0 Å². The Hall–Kier alpha value is 0.777. The van der Waals surface area contributed by atoms with Crippen LogP contribution in [0.2, 0.25) is 39.3 Å². The van der Waals surface area contributed by atoms with Gasteiger partial charge in [0.15, 0.2) is 0 Å². The smallest absolute Gasteiger partial charge is 0.147 e. The third-order valence-electron chi connectivity index (χ3n) is 4.17. The van der Waals surface area contributed by atoms with Crippen LogP contribution >= 0.6 is 24.8 Å². The Morgan fingerprint density at radius 1 is 0.741 bits per heavy atom. The molecule has 0 heterocycles. The van der Waals surface area contributed by atoms with Crippen molar-refractivity contribution in [1.82, 2.24) is 0 Å². The molecule has 0 atom stereocenters. The Labute approximate surface area is 192 Å². The normalized spacial score (nSPS) is 16.7. The van der Waals surface area contributed by atoms with Crippen LogP contribution in [0.4, 0.5) is 0 Å². The first-order valence-corrected chi connectivity index (χ1v) is 18.7. The third kappa shape index (κ3) is 10.9. The van der Waals surface area contributed by atoms with Crippen LogP contribution in [0.1, 0.15) is 25.7 Å². The van der Waals surface area contributed by atoms with Crippen molar-refractivity contribution >= 4 is 41.4 Å². The number of rotatable bonds is 10. The van der Waals surface area contributed by atoms with Crippen molar-refractivity contribution in [2.24, 2.45) is 0 Å². The molecule has 0 bridgehead atoms. The molecule has 2 nitrogen and oxygen atoms in total. The van der Waals surface area contributed by atoms with E-state index in [0.29, 0.717) is 0 Å². The van der Waals surface area contributed by atoms with Gasteiger partial charge in [0, 0.05) is 0 Å². The molecule has 0 fully saturated rings. The van der Waals surface area contributed by atoms with Gasteiger partial charge in [-0.2, -0.15) is 0 Å². The molecule has 0 aromatic heterocycles. The van der Waals surface area contributed by atoms with Gasteiger partial charge in [-0.05, 0) is 0 Å². The maximum absolute atomic E-state index is 6.07. The second-order valence-corrected chi connectivity index (χ2v) is 21.4. The Kier molecular flexibility index (Phi) is 12.8. The summed E-state index contributed by atoms with van der Waals surface area (Å²) in [5.41, 5.74) is 3.17. The summed E-state index contributed by atoms with van der Waals surface area (Å²) in [6.45, 7) is 15.4. The molecule has 0 spiro atoms. The van der Waals surface area contributed by atoms with Crippen LogP contribution in [-0.4, -0.2) is 29.8 Å². The average molecular weight is 527 g/mol. The molecule has 2 aliphatic rings. The summed E-state index contributed by atoms with van der Waals surface area (Å²) in [4.78, 5) is 0. The zero-order valence-corrected chi connectivity index (χ0v) is 23.8. The number of halogens is 2. The van der Waals surface area contributed by atoms with Crippen LogP contribution in [0.25, 0.3) is 0 Å². The Balaban J connectivity index is 0.00000338. The molecule has 2 aliphatic carbocycles. The SMILES string of the molecule is C[Si](C)(C)OCCC1=[C]([Zr][C]2=C(CCO[Si](C)(C)C)C=CC2)CC=C1.Cl.Cl. The van der Waals surface area contributed by atoms with Crippen LogP contribution in [0, 0.1) is 0 Å². The molecule has 2 rings (SSSR count). The topological polar surface area (TPSA) is 18.5 Å². The van der Waals surface area contributed by atoms with Crippen LogP contribution < -0.4 is 0 Å². The molecule has 0 saturated carbocycles. The Bertz CT molecular complexity index is 548. The van der Waals surface area contributed by atoms with E-state index in [-0.39, 0.29) is 24.8 Å². The summed E-state index contributed by atoms with van der Waals surface area (Å²) in [6, 6.07) is 0. The molecule has 27 heavy (non-hydrogen) atoms. The minimum Gasteiger partial charge on any atom is -0.147 e. The van der Waals surface area contributed by atoms with Gasteiger partial charge in [-0.3, -0.25) is 0 Å². The first-order valence-electron chi connectivity index (χ1n) is 9.46. The van der Waals surface area contributed by atoms with Gasteiger partial charge in [0.2, 0.25) is 0 Å². The van der Waals surface area contributed by atoms with Crippen molar-refractivity contribution < 1.29 is 32.1 Å². The van der Waals surface area contributed by atoms with Crippen LogP contribution in [0.3, 0.4) is 0 Å². The minimum atomic E-state index is -1.39. The molecule has 0 N–H and O–H groups in total. The van der Waals surface area contributed by atoms with Gasteiger partial charge in [0.05, 0.1) is 0 Å². The van der Waals surface area contributed by atoms with Gasteiger partial charge in [0.25, 0.3) is 0 Å². The van der Waals surface area contributed by atoms with E-state index >= 15 is 0 Å². The van der Waals surface area contributed by atoms with Crippen LogP contribution in [0.15, 0.2) is 42.0 Å². The number of hydrogen-bond donors (Lipinski definition) is 0. The molecule has 0 aliphatic heterocycles. The standard InChI is InChI=1S/2C10H17OSi.2ClH.Zr/c2*1-12(2,3)11-9-8-10-6-4-5-7-10;;;/h2*4,6H,5,8-9H2,1-3H3;2*1H;. The average Bonchev–Trinajstić information content (AvgIpc) is 3.07. The third-order valence-corrected chi connectivity index (χ3v) is 10.4. The summed E-state index contributed by atoms with van der Waals surface area (Å²) in [7, 11) is -2.78. The predicted molar refractivity (Wildman–Crippen MR) is 124 cm³/mol. The van der Waals surface area contributed by atoms with E-state index in [2.05, 4.69) is 63.6 Å². The van der Waals surface area contributed by atoms with E-state index in [1.165, 1.54) is 12.8 Å². The van der Waals surface area contributed by atoms with Gasteiger partial charge in [-0.15, -0.1) is 24.8 Å². The van der Waals surface area contributed by atoms with E-state index in [9.17, 15) is 0 Å². The zero-order chi connectivity index (χ0) is 18.5. The molecular weight excluding hydrogens is 491 g/mol.